The van der Waals surface area contributed by atoms with Gasteiger partial charge in [0, 0.05) is 10.4 Å². The number of carbonyl (C=O) groups excluding carboxylic acids is 2. The van der Waals surface area contributed by atoms with Crippen molar-refractivity contribution in [2.24, 2.45) is 17.1 Å². The maximum atomic E-state index is 12.7. The Kier molecular flexibility index (Phi) is 5.43. The van der Waals surface area contributed by atoms with Crippen LogP contribution in [-0.4, -0.2) is 11.8 Å². The molecule has 2 aromatic rings. The van der Waals surface area contributed by atoms with Crippen LogP contribution in [0.25, 0.3) is 0 Å². The number of primary amides is 1. The first-order chi connectivity index (χ1) is 12.7. The average Bonchev–Trinajstić information content (AvgIpc) is 2.98. The lowest BCUT2D eigenvalue weighted by Gasteiger charge is -2.36. The molecule has 3 rings (SSSR count). The Hall–Kier alpha value is -2.14. The number of anilines is 1. The summed E-state index contributed by atoms with van der Waals surface area (Å²) in [4.78, 5) is 26.0. The summed E-state index contributed by atoms with van der Waals surface area (Å²) in [5, 5.41) is 3.53. The lowest BCUT2D eigenvalue weighted by molar-refractivity contribution is 0.0999. The minimum Gasteiger partial charge on any atom is -0.365 e. The maximum Gasteiger partial charge on any atom is 0.256 e. The number of carbonyl (C=O) groups is 2. The summed E-state index contributed by atoms with van der Waals surface area (Å²) in [5.74, 6) is -0.0832. The van der Waals surface area contributed by atoms with Gasteiger partial charge in [0.05, 0.1) is 5.56 Å². The lowest BCUT2D eigenvalue weighted by Crippen LogP contribution is -2.29. The molecule has 2 amide bonds. The molecule has 0 aliphatic heterocycles. The average molecular weight is 385 g/mol. The molecule has 1 unspecified atom stereocenters. The van der Waals surface area contributed by atoms with Gasteiger partial charge in [0.2, 0.25) is 0 Å². The Bertz CT molecular complexity index is 882. The first-order valence-corrected chi connectivity index (χ1v) is 10.4. The molecule has 1 heterocycles. The molecule has 3 N–H and O–H groups in total. The summed E-state index contributed by atoms with van der Waals surface area (Å²) in [6.07, 6.45) is 3.97. The number of hydrogen-bond donors (Lipinski definition) is 2. The van der Waals surface area contributed by atoms with E-state index >= 15 is 0 Å². The number of amides is 2. The molecule has 1 atom stereocenters. The van der Waals surface area contributed by atoms with Crippen LogP contribution in [-0.2, 0) is 12.8 Å². The van der Waals surface area contributed by atoms with E-state index in [0.717, 1.165) is 36.8 Å². The fourth-order valence-corrected chi connectivity index (χ4v) is 5.18. The van der Waals surface area contributed by atoms with Gasteiger partial charge in [0.25, 0.3) is 11.8 Å². The zero-order valence-corrected chi connectivity index (χ0v) is 17.3. The molecule has 1 aromatic heterocycles. The van der Waals surface area contributed by atoms with E-state index in [2.05, 4.69) is 26.1 Å². The number of benzene rings is 1. The topological polar surface area (TPSA) is 72.2 Å². The third-order valence-corrected chi connectivity index (χ3v) is 7.21. The predicted octanol–water partition coefficient (Wildman–Crippen LogP) is 4.95. The van der Waals surface area contributed by atoms with E-state index < -0.39 is 5.91 Å². The molecular weight excluding hydrogens is 356 g/mol. The second kappa shape index (κ2) is 7.47. The molecular formula is C22H28N2O2S. The molecule has 144 valence electrons. The summed E-state index contributed by atoms with van der Waals surface area (Å²) in [5.41, 5.74) is 9.09. The molecule has 4 nitrogen and oxygen atoms in total. The summed E-state index contributed by atoms with van der Waals surface area (Å²) >= 11 is 1.52. The second-order valence-electron chi connectivity index (χ2n) is 8.18. The van der Waals surface area contributed by atoms with Crippen molar-refractivity contribution in [3.8, 4) is 0 Å². The highest BCUT2D eigenvalue weighted by Gasteiger charge is 2.35. The van der Waals surface area contributed by atoms with Crippen LogP contribution in [0.1, 0.15) is 70.3 Å². The van der Waals surface area contributed by atoms with E-state index in [1.54, 1.807) is 6.07 Å². The fraction of sp³-hybridized carbons (Fsp3) is 0.455. The largest absolute Gasteiger partial charge is 0.365 e. The molecule has 0 spiro atoms. The van der Waals surface area contributed by atoms with E-state index in [1.165, 1.54) is 16.2 Å². The Labute approximate surface area is 165 Å². The van der Waals surface area contributed by atoms with Gasteiger partial charge in [-0.25, -0.2) is 0 Å². The van der Waals surface area contributed by atoms with Crippen LogP contribution in [0.3, 0.4) is 0 Å². The standard InChI is InChI=1S/C22H28N2O2S/c1-5-22(3,4)15-9-10-16-17(12-15)27-21(18(16)19(23)25)24-20(26)14-8-6-7-13(2)11-14/h6-8,11,15H,5,9-10,12H2,1-4H3,(H2,23,25)(H,24,26). The fourth-order valence-electron chi connectivity index (χ4n) is 3.85. The molecule has 1 aliphatic carbocycles. The highest BCUT2D eigenvalue weighted by Crippen LogP contribution is 2.45. The summed E-state index contributed by atoms with van der Waals surface area (Å²) in [7, 11) is 0. The van der Waals surface area contributed by atoms with Crippen LogP contribution in [0, 0.1) is 18.3 Å². The lowest BCUT2D eigenvalue weighted by atomic mass is 9.69. The highest BCUT2D eigenvalue weighted by atomic mass is 32.1. The van der Waals surface area contributed by atoms with E-state index in [0.29, 0.717) is 22.0 Å². The molecule has 5 heteroatoms. The van der Waals surface area contributed by atoms with Gasteiger partial charge in [-0.3, -0.25) is 9.59 Å². The van der Waals surface area contributed by atoms with Crippen molar-refractivity contribution < 1.29 is 9.59 Å². The van der Waals surface area contributed by atoms with E-state index in [9.17, 15) is 9.59 Å². The van der Waals surface area contributed by atoms with Gasteiger partial charge in [0.15, 0.2) is 0 Å². The van der Waals surface area contributed by atoms with E-state index in [1.807, 2.05) is 25.1 Å². The SMILES string of the molecule is CCC(C)(C)C1CCc2c(sc(NC(=O)c3cccc(C)c3)c2C(N)=O)C1. The van der Waals surface area contributed by atoms with Gasteiger partial charge in [-0.2, -0.15) is 0 Å². The molecule has 0 radical (unpaired) electrons. The van der Waals surface area contributed by atoms with Crippen molar-refractivity contribution in [3.63, 3.8) is 0 Å². The van der Waals surface area contributed by atoms with Gasteiger partial charge in [-0.05, 0) is 55.2 Å². The van der Waals surface area contributed by atoms with Crippen molar-refractivity contribution in [1.29, 1.82) is 0 Å². The monoisotopic (exact) mass is 384 g/mol. The quantitative estimate of drug-likeness (QED) is 0.765. The van der Waals surface area contributed by atoms with Crippen LogP contribution < -0.4 is 11.1 Å². The Morgan fingerprint density at radius 1 is 1.33 bits per heavy atom. The number of aryl methyl sites for hydroxylation is 1. The first kappa shape index (κ1) is 19.6. The smallest absolute Gasteiger partial charge is 0.256 e. The molecule has 1 aromatic carbocycles. The predicted molar refractivity (Wildman–Crippen MR) is 112 cm³/mol. The van der Waals surface area contributed by atoms with Crippen LogP contribution in [0.2, 0.25) is 0 Å². The zero-order chi connectivity index (χ0) is 19.8. The van der Waals surface area contributed by atoms with E-state index in [-0.39, 0.29) is 11.3 Å². The summed E-state index contributed by atoms with van der Waals surface area (Å²) in [6, 6.07) is 7.42. The van der Waals surface area contributed by atoms with Crippen LogP contribution in [0.5, 0.6) is 0 Å². The van der Waals surface area contributed by atoms with Crippen molar-refractivity contribution in [1.82, 2.24) is 0 Å². The summed E-state index contributed by atoms with van der Waals surface area (Å²) < 4.78 is 0. The first-order valence-electron chi connectivity index (χ1n) is 9.55. The van der Waals surface area contributed by atoms with Gasteiger partial charge >= 0.3 is 0 Å². The van der Waals surface area contributed by atoms with Gasteiger partial charge < -0.3 is 11.1 Å². The number of nitrogens with two attached hydrogens (primary N) is 1. The van der Waals surface area contributed by atoms with Gasteiger partial charge in [0.1, 0.15) is 5.00 Å². The normalized spacial score (nSPS) is 16.7. The minimum atomic E-state index is -0.458. The minimum absolute atomic E-state index is 0.203. The number of hydrogen-bond acceptors (Lipinski definition) is 3. The molecule has 0 saturated heterocycles. The van der Waals surface area contributed by atoms with Crippen molar-refractivity contribution in [2.75, 3.05) is 5.32 Å². The van der Waals surface area contributed by atoms with Gasteiger partial charge in [-0.15, -0.1) is 11.3 Å². The zero-order valence-electron chi connectivity index (χ0n) is 16.5. The number of thiophene rings is 1. The molecule has 0 bridgehead atoms. The number of nitrogens with one attached hydrogen (secondary N) is 1. The second-order valence-corrected chi connectivity index (χ2v) is 9.28. The summed E-state index contributed by atoms with van der Waals surface area (Å²) in [6.45, 7) is 8.80. The third-order valence-electron chi connectivity index (χ3n) is 6.04. The highest BCUT2D eigenvalue weighted by molar-refractivity contribution is 7.17. The van der Waals surface area contributed by atoms with Crippen molar-refractivity contribution in [3.05, 3.63) is 51.4 Å². The van der Waals surface area contributed by atoms with Crippen molar-refractivity contribution in [2.45, 2.75) is 53.4 Å². The molecule has 0 fully saturated rings. The van der Waals surface area contributed by atoms with Crippen LogP contribution >= 0.6 is 11.3 Å². The number of fused-ring (bicyclic) bond motifs is 1. The number of rotatable bonds is 5. The molecule has 1 aliphatic rings. The third kappa shape index (κ3) is 3.93. The molecule has 0 saturated carbocycles. The Balaban J connectivity index is 1.91. The van der Waals surface area contributed by atoms with Crippen LogP contribution in [0.4, 0.5) is 5.00 Å². The van der Waals surface area contributed by atoms with Crippen LogP contribution in [0.15, 0.2) is 24.3 Å². The van der Waals surface area contributed by atoms with Crippen molar-refractivity contribution >= 4 is 28.2 Å². The Morgan fingerprint density at radius 3 is 2.70 bits per heavy atom. The van der Waals surface area contributed by atoms with Gasteiger partial charge in [-0.1, -0.05) is 44.9 Å². The molecule has 27 heavy (non-hydrogen) atoms. The Morgan fingerprint density at radius 2 is 2.07 bits per heavy atom. The maximum absolute atomic E-state index is 12.7. The van der Waals surface area contributed by atoms with E-state index in [4.69, 9.17) is 5.73 Å².